The molecule has 9 heteroatoms. The molecule has 3 heterocycles. The van der Waals surface area contributed by atoms with Gasteiger partial charge >= 0.3 is 5.97 Å². The van der Waals surface area contributed by atoms with Crippen molar-refractivity contribution in [1.29, 1.82) is 0 Å². The molecule has 0 radical (unpaired) electrons. The molecule has 9 nitrogen and oxygen atoms in total. The van der Waals surface area contributed by atoms with Crippen LogP contribution in [0.2, 0.25) is 0 Å². The van der Waals surface area contributed by atoms with Crippen LogP contribution in [0, 0.1) is 13.8 Å². The summed E-state index contributed by atoms with van der Waals surface area (Å²) in [5, 5.41) is 21.7. The number of rotatable bonds is 4. The van der Waals surface area contributed by atoms with Crippen LogP contribution >= 0.6 is 0 Å². The molecule has 0 aliphatic carbocycles. The van der Waals surface area contributed by atoms with Crippen molar-refractivity contribution in [1.82, 2.24) is 29.7 Å². The molecular formula is C20H22N6O3. The van der Waals surface area contributed by atoms with Gasteiger partial charge in [-0.15, -0.1) is 5.10 Å². The van der Waals surface area contributed by atoms with E-state index in [1.54, 1.807) is 21.2 Å². The number of carboxylic acid groups (broad SMARTS) is 1. The monoisotopic (exact) mass is 394 g/mol. The number of para-hydroxylation sites is 1. The van der Waals surface area contributed by atoms with Crippen LogP contribution in [-0.4, -0.2) is 59.7 Å². The lowest BCUT2D eigenvalue weighted by Gasteiger charge is -2.32. The summed E-state index contributed by atoms with van der Waals surface area (Å²) in [5.74, 6) is -1.11. The van der Waals surface area contributed by atoms with Gasteiger partial charge in [-0.3, -0.25) is 9.48 Å². The Morgan fingerprint density at radius 3 is 2.38 bits per heavy atom. The van der Waals surface area contributed by atoms with Crippen LogP contribution in [0.3, 0.4) is 0 Å². The van der Waals surface area contributed by atoms with Gasteiger partial charge in [-0.25, -0.2) is 9.48 Å². The third-order valence-corrected chi connectivity index (χ3v) is 5.47. The number of benzene rings is 1. The van der Waals surface area contributed by atoms with Crippen LogP contribution in [0.5, 0.6) is 0 Å². The zero-order valence-electron chi connectivity index (χ0n) is 16.3. The zero-order chi connectivity index (χ0) is 20.5. The second-order valence-electron chi connectivity index (χ2n) is 7.19. The number of likely N-dealkylation sites (tertiary alicyclic amines) is 1. The Bertz CT molecular complexity index is 1050. The summed E-state index contributed by atoms with van der Waals surface area (Å²) in [7, 11) is 0. The second-order valence-corrected chi connectivity index (χ2v) is 7.19. The van der Waals surface area contributed by atoms with E-state index in [-0.39, 0.29) is 17.5 Å². The standard InChI is InChI=1S/C20H22N6O3/c1-13-17(20(28)29)12-21-25(13)16-8-10-24(11-9-16)19(27)18-14(2)26(23-22-18)15-6-4-3-5-7-15/h3-7,12,16H,8-11H2,1-2H3,(H,28,29). The first kappa shape index (κ1) is 18.9. The van der Waals surface area contributed by atoms with Gasteiger partial charge in [-0.05, 0) is 38.8 Å². The topological polar surface area (TPSA) is 106 Å². The van der Waals surface area contributed by atoms with E-state index in [1.807, 2.05) is 37.3 Å². The number of piperidine rings is 1. The van der Waals surface area contributed by atoms with Crippen molar-refractivity contribution in [2.45, 2.75) is 32.7 Å². The lowest BCUT2D eigenvalue weighted by Crippen LogP contribution is -2.39. The number of carbonyl (C=O) groups is 2. The molecule has 0 unspecified atom stereocenters. The summed E-state index contributed by atoms with van der Waals surface area (Å²) in [6, 6.07) is 9.66. The minimum atomic E-state index is -0.974. The maximum atomic E-state index is 13.0. The zero-order valence-corrected chi connectivity index (χ0v) is 16.3. The molecule has 1 N–H and O–H groups in total. The van der Waals surface area contributed by atoms with Crippen LogP contribution in [-0.2, 0) is 0 Å². The average molecular weight is 394 g/mol. The fourth-order valence-corrected chi connectivity index (χ4v) is 3.81. The van der Waals surface area contributed by atoms with E-state index in [1.165, 1.54) is 6.20 Å². The first-order valence-electron chi connectivity index (χ1n) is 9.51. The molecule has 1 aliphatic heterocycles. The number of amides is 1. The van der Waals surface area contributed by atoms with E-state index in [9.17, 15) is 14.7 Å². The van der Waals surface area contributed by atoms with Crippen molar-refractivity contribution >= 4 is 11.9 Å². The quantitative estimate of drug-likeness (QED) is 0.727. The summed E-state index contributed by atoms with van der Waals surface area (Å²) >= 11 is 0. The molecule has 2 aromatic heterocycles. The average Bonchev–Trinajstić information content (AvgIpc) is 3.31. The van der Waals surface area contributed by atoms with Crippen molar-refractivity contribution in [3.05, 3.63) is 59.2 Å². The summed E-state index contributed by atoms with van der Waals surface area (Å²) in [5.41, 5.74) is 2.78. The number of nitrogens with zero attached hydrogens (tertiary/aromatic N) is 6. The van der Waals surface area contributed by atoms with E-state index in [2.05, 4.69) is 15.4 Å². The van der Waals surface area contributed by atoms with Crippen LogP contribution in [0.15, 0.2) is 36.5 Å². The molecular weight excluding hydrogens is 372 g/mol. The second kappa shape index (κ2) is 7.50. The van der Waals surface area contributed by atoms with Gasteiger partial charge in [0, 0.05) is 13.1 Å². The van der Waals surface area contributed by atoms with Crippen LogP contribution < -0.4 is 0 Å². The third-order valence-electron chi connectivity index (χ3n) is 5.47. The predicted octanol–water partition coefficient (Wildman–Crippen LogP) is 2.26. The molecule has 1 aromatic carbocycles. The van der Waals surface area contributed by atoms with Gasteiger partial charge in [0.2, 0.25) is 0 Å². The van der Waals surface area contributed by atoms with Crippen LogP contribution in [0.25, 0.3) is 5.69 Å². The van der Waals surface area contributed by atoms with Crippen molar-refractivity contribution < 1.29 is 14.7 Å². The Morgan fingerprint density at radius 2 is 1.76 bits per heavy atom. The maximum Gasteiger partial charge on any atom is 0.339 e. The molecule has 150 valence electrons. The van der Waals surface area contributed by atoms with E-state index < -0.39 is 5.97 Å². The fraction of sp³-hybridized carbons (Fsp3) is 0.350. The molecule has 4 rings (SSSR count). The first-order valence-corrected chi connectivity index (χ1v) is 9.51. The smallest absolute Gasteiger partial charge is 0.339 e. The Balaban J connectivity index is 1.46. The van der Waals surface area contributed by atoms with Gasteiger partial charge in [0.05, 0.1) is 29.3 Å². The van der Waals surface area contributed by atoms with Crippen molar-refractivity contribution in [3.8, 4) is 5.69 Å². The Hall–Kier alpha value is -3.49. The SMILES string of the molecule is Cc1c(C(=O)N2CCC(n3ncc(C(=O)O)c3C)CC2)nnn1-c1ccccc1. The lowest BCUT2D eigenvalue weighted by atomic mass is 10.0. The molecule has 1 saturated heterocycles. The highest BCUT2D eigenvalue weighted by atomic mass is 16.4. The Morgan fingerprint density at radius 1 is 1.07 bits per heavy atom. The van der Waals surface area contributed by atoms with Gasteiger partial charge in [-0.1, -0.05) is 23.4 Å². The number of carbonyl (C=O) groups excluding carboxylic acids is 1. The predicted molar refractivity (Wildman–Crippen MR) is 104 cm³/mol. The lowest BCUT2D eigenvalue weighted by molar-refractivity contribution is 0.0681. The van der Waals surface area contributed by atoms with E-state index in [4.69, 9.17) is 0 Å². The fourth-order valence-electron chi connectivity index (χ4n) is 3.81. The molecule has 0 bridgehead atoms. The van der Waals surface area contributed by atoms with Crippen molar-refractivity contribution in [3.63, 3.8) is 0 Å². The Kier molecular flexibility index (Phi) is 4.87. The highest BCUT2D eigenvalue weighted by Crippen LogP contribution is 2.26. The van der Waals surface area contributed by atoms with Gasteiger partial charge in [0.15, 0.2) is 5.69 Å². The Labute approximate surface area is 167 Å². The number of hydrogen-bond donors (Lipinski definition) is 1. The molecule has 1 aliphatic rings. The number of hydrogen-bond acceptors (Lipinski definition) is 5. The summed E-state index contributed by atoms with van der Waals surface area (Å²) < 4.78 is 3.43. The van der Waals surface area contributed by atoms with Crippen LogP contribution in [0.1, 0.15) is 51.1 Å². The largest absolute Gasteiger partial charge is 0.478 e. The van der Waals surface area contributed by atoms with Gasteiger partial charge in [0.25, 0.3) is 5.91 Å². The van der Waals surface area contributed by atoms with Gasteiger partial charge < -0.3 is 10.0 Å². The van der Waals surface area contributed by atoms with E-state index in [0.717, 1.165) is 5.69 Å². The minimum absolute atomic E-state index is 0.0771. The van der Waals surface area contributed by atoms with Crippen molar-refractivity contribution in [2.75, 3.05) is 13.1 Å². The maximum absolute atomic E-state index is 13.0. The molecule has 1 amide bonds. The number of aromatic nitrogens is 5. The van der Waals surface area contributed by atoms with E-state index >= 15 is 0 Å². The number of aromatic carboxylic acids is 1. The molecule has 0 atom stereocenters. The highest BCUT2D eigenvalue weighted by molar-refractivity contribution is 5.93. The molecule has 0 saturated carbocycles. The molecule has 0 spiro atoms. The molecule has 1 fully saturated rings. The van der Waals surface area contributed by atoms with Crippen molar-refractivity contribution in [2.24, 2.45) is 0 Å². The summed E-state index contributed by atoms with van der Waals surface area (Å²) in [6.07, 6.45) is 2.80. The van der Waals surface area contributed by atoms with E-state index in [0.29, 0.717) is 43.0 Å². The summed E-state index contributed by atoms with van der Waals surface area (Å²) in [4.78, 5) is 26.0. The summed E-state index contributed by atoms with van der Waals surface area (Å²) in [6.45, 7) is 4.72. The highest BCUT2D eigenvalue weighted by Gasteiger charge is 2.29. The molecule has 3 aromatic rings. The minimum Gasteiger partial charge on any atom is -0.478 e. The van der Waals surface area contributed by atoms with Crippen LogP contribution in [0.4, 0.5) is 0 Å². The van der Waals surface area contributed by atoms with Gasteiger partial charge in [-0.2, -0.15) is 5.10 Å². The molecule has 29 heavy (non-hydrogen) atoms. The number of carboxylic acids is 1. The third kappa shape index (κ3) is 3.39. The first-order chi connectivity index (χ1) is 14.0. The van der Waals surface area contributed by atoms with Gasteiger partial charge in [0.1, 0.15) is 5.56 Å². The normalized spacial score (nSPS) is 14.9.